The van der Waals surface area contributed by atoms with E-state index >= 15 is 0 Å². The molecule has 0 aromatic heterocycles. The second-order valence-electron chi connectivity index (χ2n) is 23.9. The minimum atomic E-state index is -0.661. The molecule has 0 bridgehead atoms. The molecular formula is C71H135NO5. The highest BCUT2D eigenvalue weighted by Gasteiger charge is 2.20. The molecule has 6 nitrogen and oxygen atoms in total. The van der Waals surface area contributed by atoms with Crippen LogP contribution in [0.4, 0.5) is 0 Å². The van der Waals surface area contributed by atoms with Crippen LogP contribution < -0.4 is 5.32 Å². The number of amides is 1. The number of aliphatic hydroxyl groups excluding tert-OH is 2. The summed E-state index contributed by atoms with van der Waals surface area (Å²) in [4.78, 5) is 24.5. The predicted octanol–water partition coefficient (Wildman–Crippen LogP) is 22.3. The van der Waals surface area contributed by atoms with E-state index in [1.54, 1.807) is 0 Å². The number of ether oxygens (including phenoxy) is 1. The lowest BCUT2D eigenvalue weighted by Crippen LogP contribution is -2.45. The van der Waals surface area contributed by atoms with Crippen molar-refractivity contribution in [2.45, 2.75) is 392 Å². The molecule has 0 rings (SSSR count). The summed E-state index contributed by atoms with van der Waals surface area (Å²) >= 11 is 0. The van der Waals surface area contributed by atoms with Crippen LogP contribution in [0.3, 0.4) is 0 Å². The van der Waals surface area contributed by atoms with E-state index < -0.39 is 12.1 Å². The van der Waals surface area contributed by atoms with Crippen molar-refractivity contribution in [3.8, 4) is 0 Å². The minimum absolute atomic E-state index is 0.00344. The van der Waals surface area contributed by atoms with Gasteiger partial charge in [-0.3, -0.25) is 9.59 Å². The maximum absolute atomic E-state index is 12.5. The van der Waals surface area contributed by atoms with E-state index in [4.69, 9.17) is 4.74 Å². The Balaban J connectivity index is 3.34. The summed E-state index contributed by atoms with van der Waals surface area (Å²) in [5, 5.41) is 23.3. The minimum Gasteiger partial charge on any atom is -0.466 e. The molecule has 3 N–H and O–H groups in total. The molecule has 0 spiro atoms. The molecule has 77 heavy (non-hydrogen) atoms. The standard InChI is InChI=1S/C71H135NO5/c1-3-5-7-9-11-13-15-17-40-43-47-51-55-59-63-69(74)68(67-73)72-70(75)64-60-56-52-48-44-41-37-35-33-31-29-27-25-23-21-19-18-20-22-24-26-28-30-32-34-36-38-42-46-50-54-58-62-66-77-71(76)65-61-57-53-49-45-39-16-14-12-10-8-6-4-2/h8,10,14,16,22,24,68-69,73-74H,3-7,9,11-13,15,17-21,23,25-67H2,1-2H3,(H,72,75)/b10-8-,16-14-,24-22-. The van der Waals surface area contributed by atoms with E-state index in [0.717, 1.165) is 51.4 Å². The quantitative estimate of drug-likeness (QED) is 0.0320. The van der Waals surface area contributed by atoms with E-state index in [-0.39, 0.29) is 18.5 Å². The van der Waals surface area contributed by atoms with E-state index in [1.165, 1.54) is 295 Å². The second kappa shape index (κ2) is 66.6. The maximum Gasteiger partial charge on any atom is 0.305 e. The number of unbranched alkanes of at least 4 members (excludes halogenated alkanes) is 48. The Morgan fingerprint density at radius 2 is 0.675 bits per heavy atom. The smallest absolute Gasteiger partial charge is 0.305 e. The van der Waals surface area contributed by atoms with Crippen molar-refractivity contribution in [2.75, 3.05) is 13.2 Å². The number of allylic oxidation sites excluding steroid dienone is 6. The van der Waals surface area contributed by atoms with Gasteiger partial charge in [-0.1, -0.05) is 326 Å². The zero-order chi connectivity index (χ0) is 55.7. The van der Waals surface area contributed by atoms with Crippen LogP contribution in [0.1, 0.15) is 380 Å². The third-order valence-electron chi connectivity index (χ3n) is 16.1. The third kappa shape index (κ3) is 63.1. The molecule has 0 saturated carbocycles. The normalized spacial score (nSPS) is 12.7. The highest BCUT2D eigenvalue weighted by atomic mass is 16.5. The molecule has 1 amide bonds. The first-order chi connectivity index (χ1) is 38.0. The van der Waals surface area contributed by atoms with E-state index in [2.05, 4.69) is 55.6 Å². The monoisotopic (exact) mass is 1080 g/mol. The van der Waals surface area contributed by atoms with Gasteiger partial charge in [-0.2, -0.15) is 0 Å². The lowest BCUT2D eigenvalue weighted by atomic mass is 10.0. The molecular weight excluding hydrogens is 947 g/mol. The van der Waals surface area contributed by atoms with Gasteiger partial charge in [0.15, 0.2) is 0 Å². The highest BCUT2D eigenvalue weighted by molar-refractivity contribution is 5.76. The van der Waals surface area contributed by atoms with Crippen molar-refractivity contribution < 1.29 is 24.5 Å². The Kier molecular flexibility index (Phi) is 64.9. The fourth-order valence-electron chi connectivity index (χ4n) is 10.9. The summed E-state index contributed by atoms with van der Waals surface area (Å²) in [6.45, 7) is 4.91. The van der Waals surface area contributed by atoms with Gasteiger partial charge in [0.05, 0.1) is 25.4 Å². The lowest BCUT2D eigenvalue weighted by Gasteiger charge is -2.22. The second-order valence-corrected chi connectivity index (χ2v) is 23.9. The Morgan fingerprint density at radius 3 is 1.05 bits per heavy atom. The maximum atomic E-state index is 12.5. The molecule has 6 heteroatoms. The Bertz CT molecular complexity index is 1250. The van der Waals surface area contributed by atoms with Gasteiger partial charge in [0.2, 0.25) is 5.91 Å². The number of carbonyl (C=O) groups excluding carboxylic acids is 2. The average molecular weight is 1080 g/mol. The van der Waals surface area contributed by atoms with Gasteiger partial charge in [0.1, 0.15) is 0 Å². The number of carbonyl (C=O) groups is 2. The van der Waals surface area contributed by atoms with E-state index in [0.29, 0.717) is 25.9 Å². The molecule has 0 aliphatic heterocycles. The lowest BCUT2D eigenvalue weighted by molar-refractivity contribution is -0.143. The van der Waals surface area contributed by atoms with Crippen LogP contribution in [0.15, 0.2) is 36.5 Å². The summed E-state index contributed by atoms with van der Waals surface area (Å²) < 4.78 is 5.47. The first-order valence-electron chi connectivity index (χ1n) is 34.7. The SMILES string of the molecule is CCC/C=C\C/C=C\CCCCCCCC(=O)OCCCCCCCCCCCCCC/C=C\CCCCCCCCCCCCCCCCCCCC(=O)NC(CO)C(O)CCCCCCCCCCCCCCCC. The van der Waals surface area contributed by atoms with E-state index in [9.17, 15) is 19.8 Å². The topological polar surface area (TPSA) is 95.9 Å². The molecule has 0 fully saturated rings. The number of nitrogens with one attached hydrogen (secondary N) is 1. The van der Waals surface area contributed by atoms with E-state index in [1.807, 2.05) is 0 Å². The van der Waals surface area contributed by atoms with Gasteiger partial charge in [0.25, 0.3) is 0 Å². The summed E-state index contributed by atoms with van der Waals surface area (Å²) in [5.41, 5.74) is 0. The van der Waals surface area contributed by atoms with Crippen LogP contribution in [0.25, 0.3) is 0 Å². The van der Waals surface area contributed by atoms with Gasteiger partial charge in [-0.05, 0) is 77.0 Å². The summed E-state index contributed by atoms with van der Waals surface area (Å²) in [6, 6.07) is -0.538. The summed E-state index contributed by atoms with van der Waals surface area (Å²) in [5.74, 6) is -0.0264. The van der Waals surface area contributed by atoms with Crippen LogP contribution >= 0.6 is 0 Å². The molecule has 2 atom stereocenters. The average Bonchev–Trinajstić information content (AvgIpc) is 3.43. The molecule has 0 radical (unpaired) electrons. The van der Waals surface area contributed by atoms with Crippen molar-refractivity contribution in [3.63, 3.8) is 0 Å². The predicted molar refractivity (Wildman–Crippen MR) is 338 cm³/mol. The largest absolute Gasteiger partial charge is 0.466 e. The van der Waals surface area contributed by atoms with Crippen LogP contribution in [0.2, 0.25) is 0 Å². The van der Waals surface area contributed by atoms with Gasteiger partial charge in [-0.25, -0.2) is 0 Å². The Labute approximate surface area is 481 Å². The number of rotatable bonds is 65. The van der Waals surface area contributed by atoms with Crippen LogP contribution in [-0.4, -0.2) is 47.4 Å². The van der Waals surface area contributed by atoms with Crippen molar-refractivity contribution in [1.29, 1.82) is 0 Å². The van der Waals surface area contributed by atoms with Crippen molar-refractivity contribution >= 4 is 11.9 Å². The van der Waals surface area contributed by atoms with Gasteiger partial charge < -0.3 is 20.3 Å². The molecule has 0 aromatic rings. The van der Waals surface area contributed by atoms with Gasteiger partial charge in [-0.15, -0.1) is 0 Å². The Hall–Kier alpha value is -1.92. The highest BCUT2D eigenvalue weighted by Crippen LogP contribution is 2.18. The van der Waals surface area contributed by atoms with Crippen molar-refractivity contribution in [1.82, 2.24) is 5.32 Å². The van der Waals surface area contributed by atoms with Crippen molar-refractivity contribution in [2.24, 2.45) is 0 Å². The number of esters is 1. The molecule has 454 valence electrons. The zero-order valence-corrected chi connectivity index (χ0v) is 52.0. The molecule has 0 heterocycles. The molecule has 2 unspecified atom stereocenters. The van der Waals surface area contributed by atoms with Gasteiger partial charge in [0, 0.05) is 12.8 Å². The molecule has 0 saturated heterocycles. The number of hydrogen-bond acceptors (Lipinski definition) is 5. The fraction of sp³-hybridized carbons (Fsp3) is 0.887. The van der Waals surface area contributed by atoms with Crippen LogP contribution in [0, 0.1) is 0 Å². The van der Waals surface area contributed by atoms with Crippen molar-refractivity contribution in [3.05, 3.63) is 36.5 Å². The molecule has 0 aromatic carbocycles. The van der Waals surface area contributed by atoms with Gasteiger partial charge >= 0.3 is 5.97 Å². The molecule has 0 aliphatic rings. The number of hydrogen-bond donors (Lipinski definition) is 3. The third-order valence-corrected chi connectivity index (χ3v) is 16.1. The van der Waals surface area contributed by atoms with Crippen LogP contribution in [0.5, 0.6) is 0 Å². The fourth-order valence-corrected chi connectivity index (χ4v) is 10.9. The Morgan fingerprint density at radius 1 is 0.364 bits per heavy atom. The zero-order valence-electron chi connectivity index (χ0n) is 52.0. The first-order valence-corrected chi connectivity index (χ1v) is 34.7. The summed E-state index contributed by atoms with van der Waals surface area (Å²) in [6.07, 6.45) is 84.8. The number of aliphatic hydroxyl groups is 2. The van der Waals surface area contributed by atoms with Crippen LogP contribution in [-0.2, 0) is 14.3 Å². The molecule has 0 aliphatic carbocycles. The summed E-state index contributed by atoms with van der Waals surface area (Å²) in [7, 11) is 0. The first kappa shape index (κ1) is 75.1.